The molecule has 11 heterocycles. The van der Waals surface area contributed by atoms with E-state index >= 15 is 0 Å². The summed E-state index contributed by atoms with van der Waals surface area (Å²) in [5, 5.41) is 0. The van der Waals surface area contributed by atoms with Crippen LogP contribution in [0.3, 0.4) is 0 Å². The van der Waals surface area contributed by atoms with Crippen LogP contribution < -0.4 is 0 Å². The molecule has 0 amide bonds. The minimum atomic E-state index is 0. The van der Waals surface area contributed by atoms with Gasteiger partial charge in [0.25, 0.3) is 0 Å². The normalized spacial score (nSPS) is 16.5. The third-order valence-electron chi connectivity index (χ3n) is 22.2. The summed E-state index contributed by atoms with van der Waals surface area (Å²) in [5.41, 5.74) is 25.0. The maximum atomic E-state index is 4.94. The van der Waals surface area contributed by atoms with Crippen LogP contribution in [0, 0.1) is 46.9 Å². The molecular weight excluding hydrogens is 1720 g/mol. The van der Waals surface area contributed by atoms with Gasteiger partial charge in [0.1, 0.15) is 0 Å². The Morgan fingerprint density at radius 2 is 0.230 bits per heavy atom. The molecule has 0 N–H and O–H groups in total. The summed E-state index contributed by atoms with van der Waals surface area (Å²) in [5.74, 6) is 0. The van der Waals surface area contributed by atoms with Crippen LogP contribution in [0.15, 0.2) is 303 Å². The topological polar surface area (TPSA) is 102 Å². The molecule has 11 fully saturated rings. The summed E-state index contributed by atoms with van der Waals surface area (Å²) in [6.45, 7) is 22.0. The SMILES string of the molecule is C1CCOC1.C1CCOC1.C1CCOC1.C1CCOC1.C1CCOC1.C1CCOC1.C1CCOC1.C1CCOC1.C1CCOC1.C1CCOC1.C1CCOC1.[Yb+2].c1ccc(-c2c(-c3ccccc3)c(-c3ccccc3)[c-](-c3ccccc3)c2-c2ccccc2)cc1.c1ccc(-c2c(-c3ccccc3)c(-c3ccccc3)[c-](-c3ccccc3)c2-c2ccccc2)cc1. The maximum absolute atomic E-state index is 4.94. The Balaban J connectivity index is 0.000000164. The Morgan fingerprint density at radius 3 is 0.333 bits per heavy atom. The van der Waals surface area contributed by atoms with E-state index in [-0.39, 0.29) is 46.9 Å². The first-order valence-corrected chi connectivity index (χ1v) is 47.0. The van der Waals surface area contributed by atoms with Crippen molar-refractivity contribution < 1.29 is 99.0 Å². The van der Waals surface area contributed by atoms with Crippen molar-refractivity contribution in [1.29, 1.82) is 0 Å². The van der Waals surface area contributed by atoms with Crippen molar-refractivity contribution in [1.82, 2.24) is 0 Å². The van der Waals surface area contributed by atoms with Gasteiger partial charge >= 0.3 is 46.9 Å². The van der Waals surface area contributed by atoms with Crippen LogP contribution in [0.2, 0.25) is 0 Å². The molecule has 0 spiro atoms. The van der Waals surface area contributed by atoms with E-state index in [0.29, 0.717) is 0 Å². The summed E-state index contributed by atoms with van der Waals surface area (Å²) in [7, 11) is 0. The molecule has 674 valence electrons. The number of benzene rings is 10. The van der Waals surface area contributed by atoms with Crippen molar-refractivity contribution >= 4 is 0 Å². The predicted octanol–water partition coefficient (Wildman–Crippen LogP) is 28.2. The predicted molar refractivity (Wildman–Crippen MR) is 519 cm³/mol. The molecule has 126 heavy (non-hydrogen) atoms. The van der Waals surface area contributed by atoms with Gasteiger partial charge in [-0.3, -0.25) is 0 Å². The van der Waals surface area contributed by atoms with E-state index in [2.05, 4.69) is 303 Å². The molecule has 11 aliphatic rings. The zero-order valence-electron chi connectivity index (χ0n) is 74.7. The monoisotopic (exact) mass is 1860 g/mol. The molecular formula is C114H138O11Yb. The van der Waals surface area contributed by atoms with Gasteiger partial charge in [0.05, 0.1) is 0 Å². The molecule has 11 aliphatic heterocycles. The average molecular weight is 1860 g/mol. The van der Waals surface area contributed by atoms with E-state index in [9.17, 15) is 0 Å². The number of hydrogen-bond donors (Lipinski definition) is 0. The first-order chi connectivity index (χ1) is 62.3. The number of rotatable bonds is 10. The molecule has 11 saturated heterocycles. The fraction of sp³-hybridized carbons (Fsp3) is 0.386. The Bertz CT molecular complexity index is 3490. The van der Waals surface area contributed by atoms with E-state index in [4.69, 9.17) is 52.1 Å². The molecule has 11 nitrogen and oxygen atoms in total. The summed E-state index contributed by atoms with van der Waals surface area (Å²) < 4.78 is 54.4. The van der Waals surface area contributed by atoms with Crippen molar-refractivity contribution in [2.24, 2.45) is 0 Å². The first kappa shape index (κ1) is 100. The zero-order chi connectivity index (χ0) is 85.8. The van der Waals surface area contributed by atoms with Gasteiger partial charge in [-0.1, -0.05) is 392 Å². The van der Waals surface area contributed by atoms with Crippen LogP contribution in [0.1, 0.15) is 141 Å². The fourth-order valence-corrected chi connectivity index (χ4v) is 15.8. The van der Waals surface area contributed by atoms with E-state index in [1.165, 1.54) is 253 Å². The Hall–Kier alpha value is -8.02. The van der Waals surface area contributed by atoms with Crippen molar-refractivity contribution in [3.63, 3.8) is 0 Å². The summed E-state index contributed by atoms with van der Waals surface area (Å²) in [6.07, 6.45) is 28.1. The summed E-state index contributed by atoms with van der Waals surface area (Å²) >= 11 is 0. The van der Waals surface area contributed by atoms with Gasteiger partial charge in [0.2, 0.25) is 0 Å². The number of hydrogen-bond acceptors (Lipinski definition) is 11. The second kappa shape index (κ2) is 63.9. The smallest absolute Gasteiger partial charge is 0.381 e. The van der Waals surface area contributed by atoms with E-state index < -0.39 is 0 Å². The van der Waals surface area contributed by atoms with Crippen LogP contribution in [0.25, 0.3) is 111 Å². The molecule has 12 aromatic rings. The molecule has 23 rings (SSSR count). The van der Waals surface area contributed by atoms with E-state index in [1.807, 2.05) is 0 Å². The zero-order valence-corrected chi connectivity index (χ0v) is 76.5. The fourth-order valence-electron chi connectivity index (χ4n) is 15.8. The van der Waals surface area contributed by atoms with Crippen molar-refractivity contribution in [3.05, 3.63) is 303 Å². The van der Waals surface area contributed by atoms with Crippen LogP contribution >= 0.6 is 0 Å². The van der Waals surface area contributed by atoms with Crippen molar-refractivity contribution in [3.8, 4) is 111 Å². The Labute approximate surface area is 793 Å². The molecule has 12 heteroatoms. The van der Waals surface area contributed by atoms with Crippen LogP contribution in [0.4, 0.5) is 0 Å². The molecule has 0 aliphatic carbocycles. The van der Waals surface area contributed by atoms with Crippen LogP contribution in [-0.4, -0.2) is 145 Å². The molecule has 0 radical (unpaired) electrons. The molecule has 0 saturated carbocycles. The van der Waals surface area contributed by atoms with Crippen LogP contribution in [0.5, 0.6) is 0 Å². The molecule has 12 aromatic carbocycles. The van der Waals surface area contributed by atoms with Gasteiger partial charge in [-0.2, -0.15) is 0 Å². The van der Waals surface area contributed by atoms with Crippen LogP contribution in [-0.2, 0) is 52.1 Å². The summed E-state index contributed by atoms with van der Waals surface area (Å²) in [6, 6.07) is 108. The quantitative estimate of drug-likeness (QED) is 0.122. The standard InChI is InChI=1S/2C35H25.11C4H8O.Yb/c2*1-6-16-26(17-7-1)31-32(27-18-8-2-9-19-27)34(29-22-12-4-13-23-29)35(30-24-14-5-15-25-30)33(31)28-20-10-3-11-21-28;11*1-2-4-5-3-1;/h2*1-25H;11*1-4H2;/q2*-1;;;;;;;;;;;;+2. The minimum Gasteiger partial charge on any atom is -0.381 e. The number of ether oxygens (including phenoxy) is 11. The van der Waals surface area contributed by atoms with Gasteiger partial charge < -0.3 is 52.1 Å². The van der Waals surface area contributed by atoms with Gasteiger partial charge in [0.15, 0.2) is 0 Å². The Kier molecular flexibility index (Phi) is 50.7. The second-order valence-corrected chi connectivity index (χ2v) is 31.9. The van der Waals surface area contributed by atoms with Gasteiger partial charge in [-0.05, 0) is 164 Å². The maximum Gasteiger partial charge on any atom is 2.00 e. The van der Waals surface area contributed by atoms with E-state index in [1.54, 1.807) is 0 Å². The van der Waals surface area contributed by atoms with Gasteiger partial charge in [-0.25, -0.2) is 0 Å². The molecule has 0 unspecified atom stereocenters. The molecule has 0 bridgehead atoms. The average Bonchev–Trinajstić information content (AvgIpc) is 1.58. The van der Waals surface area contributed by atoms with Crippen molar-refractivity contribution in [2.45, 2.75) is 141 Å². The second-order valence-electron chi connectivity index (χ2n) is 31.9. The summed E-state index contributed by atoms with van der Waals surface area (Å²) in [4.78, 5) is 0. The first-order valence-electron chi connectivity index (χ1n) is 47.0. The largest absolute Gasteiger partial charge is 2.00 e. The van der Waals surface area contributed by atoms with E-state index in [0.717, 1.165) is 145 Å². The third kappa shape index (κ3) is 35.8. The minimum absolute atomic E-state index is 0. The van der Waals surface area contributed by atoms with Gasteiger partial charge in [-0.15, -0.1) is 0 Å². The van der Waals surface area contributed by atoms with Crippen molar-refractivity contribution in [2.75, 3.05) is 145 Å². The molecule has 0 atom stereocenters. The Morgan fingerprint density at radius 1 is 0.127 bits per heavy atom. The molecule has 0 aromatic heterocycles. The van der Waals surface area contributed by atoms with Gasteiger partial charge in [0, 0.05) is 145 Å². The third-order valence-corrected chi connectivity index (χ3v) is 22.2.